The molecule has 0 spiro atoms. The maximum atomic E-state index is 13.4. The largest absolute Gasteiger partial charge is 0.383 e. The summed E-state index contributed by atoms with van der Waals surface area (Å²) in [6, 6.07) is 7.70. The van der Waals surface area contributed by atoms with Crippen LogP contribution in [-0.2, 0) is 0 Å². The minimum absolute atomic E-state index is 0.179. The maximum absolute atomic E-state index is 13.4. The summed E-state index contributed by atoms with van der Waals surface area (Å²) in [6.07, 6.45) is 3.20. The minimum atomic E-state index is -0.361. The van der Waals surface area contributed by atoms with E-state index in [0.29, 0.717) is 30.0 Å². The number of hydrogen-bond donors (Lipinski definition) is 1. The zero-order chi connectivity index (χ0) is 15.2. The van der Waals surface area contributed by atoms with Crippen LogP contribution in [0.1, 0.15) is 24.2 Å². The summed E-state index contributed by atoms with van der Waals surface area (Å²) in [5, 5.41) is 3.11. The van der Waals surface area contributed by atoms with E-state index in [2.05, 4.69) is 10.3 Å². The minimum Gasteiger partial charge on any atom is -0.383 e. The van der Waals surface area contributed by atoms with Gasteiger partial charge in [0.15, 0.2) is 0 Å². The van der Waals surface area contributed by atoms with Crippen molar-refractivity contribution in [1.29, 1.82) is 0 Å². The molecule has 1 N–H and O–H groups in total. The Labute approximate surface area is 123 Å². The number of anilines is 2. The number of nitrogens with zero attached hydrogens (tertiary/aromatic N) is 2. The van der Waals surface area contributed by atoms with Crippen LogP contribution in [0.5, 0.6) is 0 Å². The molecule has 0 atom stereocenters. The van der Waals surface area contributed by atoms with Crippen LogP contribution < -0.4 is 10.2 Å². The van der Waals surface area contributed by atoms with Crippen molar-refractivity contribution in [3.63, 3.8) is 0 Å². The summed E-state index contributed by atoms with van der Waals surface area (Å²) in [7, 11) is 0. The molecule has 1 aromatic carbocycles. The van der Waals surface area contributed by atoms with Gasteiger partial charge in [0.1, 0.15) is 5.82 Å². The predicted molar refractivity (Wildman–Crippen MR) is 82.2 cm³/mol. The highest BCUT2D eigenvalue weighted by molar-refractivity contribution is 6.09. The van der Waals surface area contributed by atoms with E-state index in [1.54, 1.807) is 35.5 Å². The molecule has 1 aromatic heterocycles. The van der Waals surface area contributed by atoms with Gasteiger partial charge in [-0.05, 0) is 38.1 Å². The normalized spacial score (nSPS) is 10.2. The highest BCUT2D eigenvalue weighted by atomic mass is 19.1. The molecule has 0 saturated carbocycles. The topological polar surface area (TPSA) is 45.2 Å². The highest BCUT2D eigenvalue weighted by Gasteiger charge is 2.19. The van der Waals surface area contributed by atoms with E-state index in [1.165, 1.54) is 12.1 Å². The monoisotopic (exact) mass is 287 g/mol. The van der Waals surface area contributed by atoms with Crippen molar-refractivity contribution in [3.8, 4) is 0 Å². The first-order valence-corrected chi connectivity index (χ1v) is 6.92. The quantitative estimate of drug-likeness (QED) is 0.917. The van der Waals surface area contributed by atoms with Crippen molar-refractivity contribution in [2.75, 3.05) is 23.3 Å². The molecule has 0 aliphatic carbocycles. The molecule has 0 fully saturated rings. The fourth-order valence-corrected chi connectivity index (χ4v) is 2.15. The van der Waals surface area contributed by atoms with Crippen LogP contribution in [0.2, 0.25) is 0 Å². The molecule has 2 rings (SSSR count). The van der Waals surface area contributed by atoms with Crippen molar-refractivity contribution < 1.29 is 9.18 Å². The lowest BCUT2D eigenvalue weighted by Gasteiger charge is -2.22. The average molecular weight is 287 g/mol. The standard InChI is InChI=1S/C16H18FN3O/c1-3-19-15-11-18-9-8-14(15)16(21)20(4-2)13-7-5-6-12(17)10-13/h5-11,19H,3-4H2,1-2H3. The number of carbonyl (C=O) groups excluding carboxylic acids is 1. The van der Waals surface area contributed by atoms with Crippen LogP contribution in [0.3, 0.4) is 0 Å². The van der Waals surface area contributed by atoms with Crippen LogP contribution >= 0.6 is 0 Å². The number of carbonyl (C=O) groups is 1. The molecule has 21 heavy (non-hydrogen) atoms. The van der Waals surface area contributed by atoms with Gasteiger partial charge in [0.05, 0.1) is 17.4 Å². The summed E-state index contributed by atoms with van der Waals surface area (Å²) < 4.78 is 13.4. The Hall–Kier alpha value is -2.43. The maximum Gasteiger partial charge on any atom is 0.260 e. The van der Waals surface area contributed by atoms with E-state index >= 15 is 0 Å². The molecule has 0 unspecified atom stereocenters. The zero-order valence-electron chi connectivity index (χ0n) is 12.1. The van der Waals surface area contributed by atoms with Crippen molar-refractivity contribution in [2.45, 2.75) is 13.8 Å². The second-order valence-electron chi connectivity index (χ2n) is 4.48. The molecule has 110 valence electrons. The lowest BCUT2D eigenvalue weighted by molar-refractivity contribution is 0.0989. The van der Waals surface area contributed by atoms with Gasteiger partial charge in [-0.1, -0.05) is 6.07 Å². The molecular formula is C16H18FN3O. The van der Waals surface area contributed by atoms with Crippen molar-refractivity contribution in [1.82, 2.24) is 4.98 Å². The van der Waals surface area contributed by atoms with Gasteiger partial charge in [-0.15, -0.1) is 0 Å². The number of hydrogen-bond acceptors (Lipinski definition) is 3. The number of nitrogens with one attached hydrogen (secondary N) is 1. The van der Waals surface area contributed by atoms with Gasteiger partial charge in [-0.3, -0.25) is 9.78 Å². The lowest BCUT2D eigenvalue weighted by Crippen LogP contribution is -2.31. The van der Waals surface area contributed by atoms with E-state index in [1.807, 2.05) is 13.8 Å². The van der Waals surface area contributed by atoms with Crippen molar-refractivity contribution >= 4 is 17.3 Å². The number of benzene rings is 1. The Morgan fingerprint density at radius 2 is 2.14 bits per heavy atom. The van der Waals surface area contributed by atoms with Crippen LogP contribution in [0, 0.1) is 5.82 Å². The fourth-order valence-electron chi connectivity index (χ4n) is 2.15. The summed E-state index contributed by atoms with van der Waals surface area (Å²) in [5.74, 6) is -0.540. The molecule has 0 aliphatic rings. The second-order valence-corrected chi connectivity index (χ2v) is 4.48. The van der Waals surface area contributed by atoms with Crippen molar-refractivity contribution in [2.24, 2.45) is 0 Å². The van der Waals surface area contributed by atoms with E-state index in [0.717, 1.165) is 0 Å². The Morgan fingerprint density at radius 1 is 1.33 bits per heavy atom. The lowest BCUT2D eigenvalue weighted by atomic mass is 10.1. The molecule has 1 heterocycles. The van der Waals surface area contributed by atoms with Gasteiger partial charge in [0.25, 0.3) is 5.91 Å². The van der Waals surface area contributed by atoms with E-state index < -0.39 is 0 Å². The third-order valence-corrected chi connectivity index (χ3v) is 3.10. The van der Waals surface area contributed by atoms with Gasteiger partial charge >= 0.3 is 0 Å². The van der Waals surface area contributed by atoms with E-state index in [-0.39, 0.29) is 11.7 Å². The molecule has 0 saturated heterocycles. The van der Waals surface area contributed by atoms with Crippen LogP contribution in [0.4, 0.5) is 15.8 Å². The van der Waals surface area contributed by atoms with Crippen LogP contribution in [0.15, 0.2) is 42.7 Å². The van der Waals surface area contributed by atoms with Crippen molar-refractivity contribution in [3.05, 3.63) is 54.1 Å². The zero-order valence-corrected chi connectivity index (χ0v) is 12.1. The van der Waals surface area contributed by atoms with Gasteiger partial charge < -0.3 is 10.2 Å². The Balaban J connectivity index is 2.37. The molecule has 4 nitrogen and oxygen atoms in total. The summed E-state index contributed by atoms with van der Waals surface area (Å²) in [4.78, 5) is 18.3. The molecule has 0 radical (unpaired) electrons. The smallest absolute Gasteiger partial charge is 0.260 e. The van der Waals surface area contributed by atoms with Gasteiger partial charge in [-0.25, -0.2) is 4.39 Å². The Kier molecular flexibility index (Phi) is 4.87. The summed E-state index contributed by atoms with van der Waals surface area (Å²) in [6.45, 7) is 4.95. The van der Waals surface area contributed by atoms with Crippen LogP contribution in [0.25, 0.3) is 0 Å². The predicted octanol–water partition coefficient (Wildman–Crippen LogP) is 3.32. The van der Waals surface area contributed by atoms with Gasteiger partial charge in [-0.2, -0.15) is 0 Å². The Morgan fingerprint density at radius 3 is 2.81 bits per heavy atom. The number of rotatable bonds is 5. The molecule has 5 heteroatoms. The van der Waals surface area contributed by atoms with E-state index in [9.17, 15) is 9.18 Å². The first kappa shape index (κ1) is 15.0. The molecule has 1 amide bonds. The first-order chi connectivity index (χ1) is 10.2. The van der Waals surface area contributed by atoms with Crippen LogP contribution in [-0.4, -0.2) is 24.0 Å². The summed E-state index contributed by atoms with van der Waals surface area (Å²) in [5.41, 5.74) is 1.75. The highest BCUT2D eigenvalue weighted by Crippen LogP contribution is 2.21. The Bertz CT molecular complexity index is 630. The number of aromatic nitrogens is 1. The molecule has 0 aliphatic heterocycles. The van der Waals surface area contributed by atoms with Gasteiger partial charge in [0.2, 0.25) is 0 Å². The van der Waals surface area contributed by atoms with E-state index in [4.69, 9.17) is 0 Å². The fraction of sp³-hybridized carbons (Fsp3) is 0.250. The first-order valence-electron chi connectivity index (χ1n) is 6.92. The molecule has 0 bridgehead atoms. The molecule has 2 aromatic rings. The SMILES string of the molecule is CCNc1cnccc1C(=O)N(CC)c1cccc(F)c1. The third kappa shape index (κ3) is 3.37. The number of halogens is 1. The molecular weight excluding hydrogens is 269 g/mol. The third-order valence-electron chi connectivity index (χ3n) is 3.10. The average Bonchev–Trinajstić information content (AvgIpc) is 2.49. The number of amides is 1. The number of pyridine rings is 1. The second kappa shape index (κ2) is 6.83. The summed E-state index contributed by atoms with van der Waals surface area (Å²) >= 11 is 0. The van der Waals surface area contributed by atoms with Gasteiger partial charge in [0, 0.05) is 25.0 Å².